The number of nitrogens with one attached hydrogen (secondary N) is 1. The van der Waals surface area contributed by atoms with Crippen molar-refractivity contribution < 1.29 is 13.9 Å². The standard InChI is InChI=1S/C19H21FN4O3/c1-4-27-19(26)16-10-21-24-17(25)9-15(22-18(16)24)11-23(3)12(2)13-5-7-14(20)8-6-13/h5-10,12,21H,4,11H2,1-3H3/t12-/m0/s1. The highest BCUT2D eigenvalue weighted by Gasteiger charge is 2.18. The predicted octanol–water partition coefficient (Wildman–Crippen LogP) is 2.53. The molecular weight excluding hydrogens is 351 g/mol. The topological polar surface area (TPSA) is 79.7 Å². The second-order valence-electron chi connectivity index (χ2n) is 6.29. The number of carbonyl (C=O) groups is 1. The molecule has 27 heavy (non-hydrogen) atoms. The van der Waals surface area contributed by atoms with Gasteiger partial charge >= 0.3 is 5.97 Å². The molecule has 8 heteroatoms. The molecule has 0 bridgehead atoms. The number of benzene rings is 1. The summed E-state index contributed by atoms with van der Waals surface area (Å²) in [5, 5.41) is 2.72. The Balaban J connectivity index is 1.88. The van der Waals surface area contributed by atoms with Crippen LogP contribution in [0, 0.1) is 5.82 Å². The highest BCUT2D eigenvalue weighted by Crippen LogP contribution is 2.20. The second kappa shape index (κ2) is 7.71. The molecule has 142 valence electrons. The fraction of sp³-hybridized carbons (Fsp3) is 0.316. The van der Waals surface area contributed by atoms with Crippen LogP contribution in [-0.2, 0) is 11.3 Å². The van der Waals surface area contributed by atoms with E-state index in [0.29, 0.717) is 12.2 Å². The van der Waals surface area contributed by atoms with E-state index < -0.39 is 5.97 Å². The number of H-pyrrole nitrogens is 1. The summed E-state index contributed by atoms with van der Waals surface area (Å²) in [5.74, 6) is -0.818. The fourth-order valence-electron chi connectivity index (χ4n) is 2.86. The molecule has 3 rings (SSSR count). The molecule has 1 N–H and O–H groups in total. The molecule has 7 nitrogen and oxygen atoms in total. The summed E-state index contributed by atoms with van der Waals surface area (Å²) >= 11 is 0. The van der Waals surface area contributed by atoms with Crippen LogP contribution in [0.4, 0.5) is 4.39 Å². The number of nitrogens with zero attached hydrogens (tertiary/aromatic N) is 3. The molecule has 0 spiro atoms. The maximum atomic E-state index is 13.1. The van der Waals surface area contributed by atoms with Gasteiger partial charge < -0.3 is 4.74 Å². The van der Waals surface area contributed by atoms with Crippen LogP contribution < -0.4 is 5.56 Å². The number of halogens is 1. The Bertz CT molecular complexity index is 1010. The van der Waals surface area contributed by atoms with E-state index in [1.54, 1.807) is 19.1 Å². The van der Waals surface area contributed by atoms with Gasteiger partial charge in [-0.25, -0.2) is 18.7 Å². The molecule has 2 aromatic heterocycles. The summed E-state index contributed by atoms with van der Waals surface area (Å²) < 4.78 is 19.3. The van der Waals surface area contributed by atoms with Crippen LogP contribution in [0.3, 0.4) is 0 Å². The smallest absolute Gasteiger partial charge is 0.343 e. The van der Waals surface area contributed by atoms with Gasteiger partial charge in [0.25, 0.3) is 5.56 Å². The van der Waals surface area contributed by atoms with Crippen LogP contribution >= 0.6 is 0 Å². The van der Waals surface area contributed by atoms with E-state index in [1.807, 2.05) is 18.9 Å². The average Bonchev–Trinajstić information content (AvgIpc) is 3.06. The van der Waals surface area contributed by atoms with Crippen molar-refractivity contribution in [2.75, 3.05) is 13.7 Å². The predicted molar refractivity (Wildman–Crippen MR) is 98.1 cm³/mol. The Kier molecular flexibility index (Phi) is 5.36. The van der Waals surface area contributed by atoms with Crippen LogP contribution in [0.2, 0.25) is 0 Å². The first-order valence-electron chi connectivity index (χ1n) is 8.63. The molecule has 0 saturated carbocycles. The van der Waals surface area contributed by atoms with Crippen molar-refractivity contribution in [2.24, 2.45) is 0 Å². The van der Waals surface area contributed by atoms with E-state index in [0.717, 1.165) is 5.56 Å². The van der Waals surface area contributed by atoms with Gasteiger partial charge in [0.2, 0.25) is 0 Å². The SMILES string of the molecule is CCOC(=O)c1c[nH]n2c(=O)cc(CN(C)[C@@H](C)c3ccc(F)cc3)nc12. The number of ether oxygens (including phenoxy) is 1. The molecule has 0 aliphatic rings. The maximum Gasteiger partial charge on any atom is 0.343 e. The second-order valence-corrected chi connectivity index (χ2v) is 6.29. The molecule has 1 aromatic carbocycles. The summed E-state index contributed by atoms with van der Waals surface area (Å²) in [7, 11) is 1.89. The quantitative estimate of drug-likeness (QED) is 0.673. The van der Waals surface area contributed by atoms with E-state index in [2.05, 4.69) is 10.1 Å². The largest absolute Gasteiger partial charge is 0.462 e. The highest BCUT2D eigenvalue weighted by molar-refractivity contribution is 5.95. The number of hydrogen-bond acceptors (Lipinski definition) is 5. The first kappa shape index (κ1) is 18.8. The van der Waals surface area contributed by atoms with Crippen molar-refractivity contribution in [1.29, 1.82) is 0 Å². The van der Waals surface area contributed by atoms with Crippen molar-refractivity contribution >= 4 is 11.6 Å². The number of carbonyl (C=O) groups excluding carboxylic acids is 1. The number of aromatic amines is 1. The lowest BCUT2D eigenvalue weighted by Crippen LogP contribution is -2.25. The Morgan fingerprint density at radius 3 is 2.74 bits per heavy atom. The molecule has 0 radical (unpaired) electrons. The van der Waals surface area contributed by atoms with Crippen LogP contribution in [0.25, 0.3) is 5.65 Å². The van der Waals surface area contributed by atoms with Gasteiger partial charge in [0.15, 0.2) is 5.65 Å². The van der Waals surface area contributed by atoms with Crippen molar-refractivity contribution in [3.63, 3.8) is 0 Å². The monoisotopic (exact) mass is 372 g/mol. The minimum Gasteiger partial charge on any atom is -0.462 e. The lowest BCUT2D eigenvalue weighted by molar-refractivity contribution is 0.0528. The third kappa shape index (κ3) is 3.90. The van der Waals surface area contributed by atoms with E-state index in [1.165, 1.54) is 28.9 Å². The van der Waals surface area contributed by atoms with Gasteiger partial charge in [-0.05, 0) is 38.6 Å². The van der Waals surface area contributed by atoms with Crippen LogP contribution in [-0.4, -0.2) is 39.1 Å². The van der Waals surface area contributed by atoms with Gasteiger partial charge in [0.05, 0.1) is 12.3 Å². The Morgan fingerprint density at radius 2 is 2.07 bits per heavy atom. The Morgan fingerprint density at radius 1 is 1.37 bits per heavy atom. The zero-order chi connectivity index (χ0) is 19.6. The minimum absolute atomic E-state index is 0.0124. The molecular formula is C19H21FN4O3. The van der Waals surface area contributed by atoms with E-state index in [-0.39, 0.29) is 35.2 Å². The van der Waals surface area contributed by atoms with Crippen molar-refractivity contribution in [1.82, 2.24) is 19.5 Å². The van der Waals surface area contributed by atoms with Crippen molar-refractivity contribution in [3.05, 3.63) is 69.5 Å². The summed E-state index contributed by atoms with van der Waals surface area (Å²) in [5.41, 5.74) is 1.62. The van der Waals surface area contributed by atoms with E-state index >= 15 is 0 Å². The van der Waals surface area contributed by atoms with Crippen LogP contribution in [0.5, 0.6) is 0 Å². The zero-order valence-electron chi connectivity index (χ0n) is 15.4. The third-order valence-corrected chi connectivity index (χ3v) is 4.47. The van der Waals surface area contributed by atoms with Gasteiger partial charge in [-0.2, -0.15) is 0 Å². The molecule has 0 unspecified atom stereocenters. The van der Waals surface area contributed by atoms with Gasteiger partial charge in [-0.15, -0.1) is 0 Å². The first-order chi connectivity index (χ1) is 12.9. The number of hydrogen-bond donors (Lipinski definition) is 1. The van der Waals surface area contributed by atoms with Crippen molar-refractivity contribution in [2.45, 2.75) is 26.4 Å². The molecule has 3 aromatic rings. The van der Waals surface area contributed by atoms with Gasteiger partial charge in [-0.3, -0.25) is 14.8 Å². The van der Waals surface area contributed by atoms with Crippen LogP contribution in [0.15, 0.2) is 41.3 Å². The normalized spacial score (nSPS) is 12.5. The molecule has 2 heterocycles. The summed E-state index contributed by atoms with van der Waals surface area (Å²) in [6, 6.07) is 7.71. The summed E-state index contributed by atoms with van der Waals surface area (Å²) in [6.45, 7) is 4.32. The van der Waals surface area contributed by atoms with Gasteiger partial charge in [0.1, 0.15) is 11.4 Å². The Hall–Kier alpha value is -3.00. The molecule has 0 fully saturated rings. The zero-order valence-corrected chi connectivity index (χ0v) is 15.4. The number of rotatable bonds is 6. The average molecular weight is 372 g/mol. The van der Waals surface area contributed by atoms with Gasteiger partial charge in [-0.1, -0.05) is 12.1 Å². The number of esters is 1. The fourth-order valence-corrected chi connectivity index (χ4v) is 2.86. The molecule has 0 amide bonds. The third-order valence-electron chi connectivity index (χ3n) is 4.47. The lowest BCUT2D eigenvalue weighted by Gasteiger charge is -2.24. The first-order valence-corrected chi connectivity index (χ1v) is 8.63. The maximum absolute atomic E-state index is 13.1. The molecule has 1 atom stereocenters. The Labute approximate surface area is 155 Å². The molecule has 0 aliphatic carbocycles. The van der Waals surface area contributed by atoms with Crippen molar-refractivity contribution in [3.8, 4) is 0 Å². The molecule has 0 saturated heterocycles. The van der Waals surface area contributed by atoms with E-state index in [9.17, 15) is 14.0 Å². The van der Waals surface area contributed by atoms with Crippen LogP contribution in [0.1, 0.15) is 41.5 Å². The number of aromatic nitrogens is 3. The highest BCUT2D eigenvalue weighted by atomic mass is 19.1. The minimum atomic E-state index is -0.534. The summed E-state index contributed by atoms with van der Waals surface area (Å²) in [4.78, 5) is 30.8. The van der Waals surface area contributed by atoms with E-state index in [4.69, 9.17) is 4.74 Å². The lowest BCUT2D eigenvalue weighted by atomic mass is 10.1. The summed E-state index contributed by atoms with van der Waals surface area (Å²) in [6.07, 6.45) is 1.41. The molecule has 0 aliphatic heterocycles. The number of fused-ring (bicyclic) bond motifs is 1. The van der Waals surface area contributed by atoms with Gasteiger partial charge in [0, 0.05) is 24.8 Å².